The van der Waals surface area contributed by atoms with Crippen molar-refractivity contribution in [3.8, 4) is 0 Å². The first-order valence-corrected chi connectivity index (χ1v) is 5.25. The number of oxazole rings is 1. The molecule has 4 heteroatoms. The van der Waals surface area contributed by atoms with Crippen molar-refractivity contribution >= 4 is 6.01 Å². The Labute approximate surface area is 83.9 Å². The van der Waals surface area contributed by atoms with Crippen molar-refractivity contribution in [2.45, 2.75) is 38.6 Å². The maximum atomic E-state index is 5.60. The van der Waals surface area contributed by atoms with Crippen molar-refractivity contribution < 1.29 is 4.42 Å². The number of nitrogens with one attached hydrogen (secondary N) is 1. The molecule has 1 aliphatic rings. The molecule has 0 fully saturated rings. The zero-order valence-corrected chi connectivity index (χ0v) is 8.55. The van der Waals surface area contributed by atoms with Gasteiger partial charge in [-0.2, -0.15) is 4.98 Å². The fourth-order valence-electron chi connectivity index (χ4n) is 1.68. The van der Waals surface area contributed by atoms with E-state index >= 15 is 0 Å². The SMILES string of the molecule is CC(CN)Nc1nc2c(o1)CCCC2. The van der Waals surface area contributed by atoms with Gasteiger partial charge in [0, 0.05) is 19.0 Å². The van der Waals surface area contributed by atoms with Gasteiger partial charge in [0.1, 0.15) is 5.76 Å². The second-order valence-corrected chi connectivity index (χ2v) is 3.88. The smallest absolute Gasteiger partial charge is 0.295 e. The van der Waals surface area contributed by atoms with Crippen molar-refractivity contribution in [3.63, 3.8) is 0 Å². The number of anilines is 1. The van der Waals surface area contributed by atoms with Crippen LogP contribution in [0.25, 0.3) is 0 Å². The molecule has 0 bridgehead atoms. The standard InChI is InChI=1S/C10H17N3O/c1-7(6-11)12-10-13-8-4-2-3-5-9(8)14-10/h7H,2-6,11H2,1H3,(H,12,13). The molecular weight excluding hydrogens is 178 g/mol. The van der Waals surface area contributed by atoms with Gasteiger partial charge in [0.05, 0.1) is 5.69 Å². The number of aromatic nitrogens is 1. The van der Waals surface area contributed by atoms with E-state index in [0.29, 0.717) is 12.6 Å². The molecule has 1 unspecified atom stereocenters. The van der Waals surface area contributed by atoms with E-state index in [-0.39, 0.29) is 6.04 Å². The molecule has 1 heterocycles. The number of hydrogen-bond donors (Lipinski definition) is 2. The van der Waals surface area contributed by atoms with E-state index in [9.17, 15) is 0 Å². The molecule has 3 N–H and O–H groups in total. The Hall–Kier alpha value is -1.03. The number of nitrogens with two attached hydrogens (primary N) is 1. The lowest BCUT2D eigenvalue weighted by molar-refractivity contribution is 0.483. The molecule has 1 aliphatic carbocycles. The Morgan fingerprint density at radius 3 is 3.00 bits per heavy atom. The molecule has 0 aromatic carbocycles. The molecule has 0 amide bonds. The summed E-state index contributed by atoms with van der Waals surface area (Å²) >= 11 is 0. The maximum absolute atomic E-state index is 5.60. The molecular formula is C10H17N3O. The van der Waals surface area contributed by atoms with Crippen molar-refractivity contribution in [2.24, 2.45) is 5.73 Å². The van der Waals surface area contributed by atoms with Crippen LogP contribution in [0.2, 0.25) is 0 Å². The van der Waals surface area contributed by atoms with Crippen LogP contribution in [0.15, 0.2) is 4.42 Å². The van der Waals surface area contributed by atoms with Gasteiger partial charge in [-0.25, -0.2) is 0 Å². The van der Waals surface area contributed by atoms with E-state index in [4.69, 9.17) is 10.2 Å². The Bertz CT molecular complexity index is 285. The van der Waals surface area contributed by atoms with Gasteiger partial charge in [-0.3, -0.25) is 0 Å². The zero-order valence-electron chi connectivity index (χ0n) is 8.55. The van der Waals surface area contributed by atoms with Crippen LogP contribution in [-0.2, 0) is 12.8 Å². The number of fused-ring (bicyclic) bond motifs is 1. The molecule has 0 aliphatic heterocycles. The fraction of sp³-hybridized carbons (Fsp3) is 0.700. The average molecular weight is 195 g/mol. The van der Waals surface area contributed by atoms with Crippen LogP contribution < -0.4 is 11.1 Å². The summed E-state index contributed by atoms with van der Waals surface area (Å²) in [4.78, 5) is 4.41. The zero-order chi connectivity index (χ0) is 9.97. The second kappa shape index (κ2) is 4.00. The van der Waals surface area contributed by atoms with E-state index in [1.807, 2.05) is 6.92 Å². The molecule has 78 valence electrons. The van der Waals surface area contributed by atoms with Crippen LogP contribution in [-0.4, -0.2) is 17.6 Å². The lowest BCUT2D eigenvalue weighted by atomic mass is 10.0. The van der Waals surface area contributed by atoms with Crippen molar-refractivity contribution in [1.82, 2.24) is 4.98 Å². The highest BCUT2D eigenvalue weighted by Gasteiger charge is 2.17. The van der Waals surface area contributed by atoms with E-state index in [2.05, 4.69) is 10.3 Å². The van der Waals surface area contributed by atoms with E-state index in [1.165, 1.54) is 12.8 Å². The molecule has 1 aromatic heterocycles. The predicted octanol–water partition coefficient (Wildman–Crippen LogP) is 1.31. The first-order valence-electron chi connectivity index (χ1n) is 5.25. The van der Waals surface area contributed by atoms with Gasteiger partial charge in [0.15, 0.2) is 0 Å². The Balaban J connectivity index is 2.08. The van der Waals surface area contributed by atoms with Crippen LogP contribution in [0.1, 0.15) is 31.2 Å². The van der Waals surface area contributed by atoms with Gasteiger partial charge >= 0.3 is 0 Å². The summed E-state index contributed by atoms with van der Waals surface area (Å²) in [5, 5.41) is 3.15. The molecule has 4 nitrogen and oxygen atoms in total. The van der Waals surface area contributed by atoms with Gasteiger partial charge in [-0.05, 0) is 26.2 Å². The highest BCUT2D eigenvalue weighted by molar-refractivity contribution is 5.28. The quantitative estimate of drug-likeness (QED) is 0.763. The highest BCUT2D eigenvalue weighted by atomic mass is 16.4. The molecule has 2 rings (SSSR count). The normalized spacial score (nSPS) is 17.6. The van der Waals surface area contributed by atoms with Gasteiger partial charge in [-0.1, -0.05) is 0 Å². The van der Waals surface area contributed by atoms with Crippen molar-refractivity contribution in [2.75, 3.05) is 11.9 Å². The summed E-state index contributed by atoms with van der Waals surface area (Å²) in [6, 6.07) is 0.852. The van der Waals surface area contributed by atoms with E-state index < -0.39 is 0 Å². The van der Waals surface area contributed by atoms with E-state index in [0.717, 1.165) is 24.3 Å². The van der Waals surface area contributed by atoms with Crippen LogP contribution >= 0.6 is 0 Å². The molecule has 0 saturated heterocycles. The maximum Gasteiger partial charge on any atom is 0.295 e. The van der Waals surface area contributed by atoms with E-state index in [1.54, 1.807) is 0 Å². The number of rotatable bonds is 3. The van der Waals surface area contributed by atoms with Crippen molar-refractivity contribution in [1.29, 1.82) is 0 Å². The topological polar surface area (TPSA) is 64.1 Å². The monoisotopic (exact) mass is 195 g/mol. The first-order chi connectivity index (χ1) is 6.79. The third kappa shape index (κ3) is 1.90. The molecule has 14 heavy (non-hydrogen) atoms. The minimum atomic E-state index is 0.218. The summed E-state index contributed by atoms with van der Waals surface area (Å²) < 4.78 is 5.60. The average Bonchev–Trinajstić information content (AvgIpc) is 2.59. The van der Waals surface area contributed by atoms with Crippen LogP contribution in [0, 0.1) is 0 Å². The Morgan fingerprint density at radius 2 is 2.29 bits per heavy atom. The predicted molar refractivity (Wildman–Crippen MR) is 55.3 cm³/mol. The van der Waals surface area contributed by atoms with Crippen molar-refractivity contribution in [3.05, 3.63) is 11.5 Å². The van der Waals surface area contributed by atoms with Crippen LogP contribution in [0.3, 0.4) is 0 Å². The summed E-state index contributed by atoms with van der Waals surface area (Å²) in [6.45, 7) is 2.61. The minimum Gasteiger partial charge on any atom is -0.428 e. The van der Waals surface area contributed by atoms with Gasteiger partial charge in [0.25, 0.3) is 6.01 Å². The Morgan fingerprint density at radius 1 is 1.50 bits per heavy atom. The lowest BCUT2D eigenvalue weighted by Crippen LogP contribution is -2.25. The second-order valence-electron chi connectivity index (χ2n) is 3.88. The number of nitrogens with zero attached hydrogens (tertiary/aromatic N) is 1. The van der Waals surface area contributed by atoms with Gasteiger partial charge < -0.3 is 15.5 Å². The van der Waals surface area contributed by atoms with Crippen LogP contribution in [0.4, 0.5) is 6.01 Å². The first kappa shape index (κ1) is 9.52. The summed E-state index contributed by atoms with van der Waals surface area (Å²) in [6.07, 6.45) is 4.53. The molecule has 0 spiro atoms. The number of hydrogen-bond acceptors (Lipinski definition) is 4. The Kier molecular flexibility index (Phi) is 2.72. The molecule has 0 radical (unpaired) electrons. The molecule has 1 aromatic rings. The summed E-state index contributed by atoms with van der Waals surface area (Å²) in [7, 11) is 0. The van der Waals surface area contributed by atoms with Crippen LogP contribution in [0.5, 0.6) is 0 Å². The summed E-state index contributed by atoms with van der Waals surface area (Å²) in [5.74, 6) is 1.06. The highest BCUT2D eigenvalue weighted by Crippen LogP contribution is 2.23. The fourth-order valence-corrected chi connectivity index (χ4v) is 1.68. The third-order valence-corrected chi connectivity index (χ3v) is 2.57. The largest absolute Gasteiger partial charge is 0.428 e. The number of aryl methyl sites for hydroxylation is 2. The molecule has 0 saturated carbocycles. The lowest BCUT2D eigenvalue weighted by Gasteiger charge is -2.07. The third-order valence-electron chi connectivity index (χ3n) is 2.57. The minimum absolute atomic E-state index is 0.218. The summed E-state index contributed by atoms with van der Waals surface area (Å²) in [5.41, 5.74) is 6.64. The van der Waals surface area contributed by atoms with Gasteiger partial charge in [-0.15, -0.1) is 0 Å². The van der Waals surface area contributed by atoms with Gasteiger partial charge in [0.2, 0.25) is 0 Å². The molecule has 1 atom stereocenters.